The molecule has 1 atom stereocenters. The van der Waals surface area contributed by atoms with E-state index in [-0.39, 0.29) is 18.8 Å². The predicted molar refractivity (Wildman–Crippen MR) is 123 cm³/mol. The van der Waals surface area contributed by atoms with Gasteiger partial charge in [0.25, 0.3) is 0 Å². The van der Waals surface area contributed by atoms with E-state index in [0.29, 0.717) is 13.2 Å². The number of ether oxygens (including phenoxy) is 1. The van der Waals surface area contributed by atoms with Crippen molar-refractivity contribution in [2.24, 2.45) is 0 Å². The second-order valence-electron chi connectivity index (χ2n) is 7.53. The van der Waals surface area contributed by atoms with Crippen molar-refractivity contribution >= 4 is 5.82 Å². The van der Waals surface area contributed by atoms with E-state index in [1.165, 1.54) is 0 Å². The summed E-state index contributed by atoms with van der Waals surface area (Å²) < 4.78 is 5.81. The Balaban J connectivity index is 1.94. The van der Waals surface area contributed by atoms with E-state index >= 15 is 0 Å². The molecule has 0 saturated carbocycles. The lowest BCUT2D eigenvalue weighted by atomic mass is 10.0. The molecule has 0 aliphatic carbocycles. The monoisotopic (exact) mass is 405 g/mol. The van der Waals surface area contributed by atoms with Gasteiger partial charge in [0.05, 0.1) is 36.9 Å². The van der Waals surface area contributed by atoms with Gasteiger partial charge in [-0.05, 0) is 20.3 Å². The lowest BCUT2D eigenvalue weighted by molar-refractivity contribution is 0.0143. The number of hydrogen-bond acceptors (Lipinski definition) is 5. The Morgan fingerprint density at radius 3 is 2.07 bits per heavy atom. The summed E-state index contributed by atoms with van der Waals surface area (Å²) in [4.78, 5) is 12.0. The third kappa shape index (κ3) is 5.43. The zero-order valence-electron chi connectivity index (χ0n) is 18.0. The molecule has 5 heteroatoms. The first-order valence-electron chi connectivity index (χ1n) is 10.6. The van der Waals surface area contributed by atoms with E-state index in [1.54, 1.807) is 0 Å². The van der Waals surface area contributed by atoms with Crippen LogP contribution in [0.5, 0.6) is 0 Å². The molecule has 1 aromatic heterocycles. The van der Waals surface area contributed by atoms with Crippen LogP contribution in [-0.4, -0.2) is 47.0 Å². The molecule has 5 nitrogen and oxygen atoms in total. The molecule has 0 fully saturated rings. The third-order valence-corrected chi connectivity index (χ3v) is 5.12. The molecule has 0 aliphatic heterocycles. The van der Waals surface area contributed by atoms with Crippen LogP contribution in [0.15, 0.2) is 66.9 Å². The van der Waals surface area contributed by atoms with Crippen molar-refractivity contribution in [1.82, 2.24) is 9.97 Å². The number of anilines is 1. The first kappa shape index (κ1) is 21.9. The smallest absolute Gasteiger partial charge is 0.148 e. The van der Waals surface area contributed by atoms with Gasteiger partial charge in [-0.3, -0.25) is 4.98 Å². The summed E-state index contributed by atoms with van der Waals surface area (Å²) in [5.74, 6) is 0.823. The van der Waals surface area contributed by atoms with Crippen LogP contribution in [0.4, 0.5) is 5.82 Å². The maximum atomic E-state index is 9.36. The van der Waals surface area contributed by atoms with Crippen molar-refractivity contribution in [2.45, 2.75) is 39.3 Å². The van der Waals surface area contributed by atoms with E-state index in [1.807, 2.05) is 49.5 Å². The average Bonchev–Trinajstić information content (AvgIpc) is 2.80. The maximum absolute atomic E-state index is 9.36. The third-order valence-electron chi connectivity index (χ3n) is 5.12. The summed E-state index contributed by atoms with van der Waals surface area (Å²) in [6.45, 7) is 7.54. The van der Waals surface area contributed by atoms with Crippen molar-refractivity contribution < 1.29 is 9.84 Å². The quantitative estimate of drug-likeness (QED) is 0.524. The molecule has 0 amide bonds. The summed E-state index contributed by atoms with van der Waals surface area (Å²) in [6.07, 6.45) is 2.52. The zero-order chi connectivity index (χ0) is 21.3. The van der Waals surface area contributed by atoms with Crippen LogP contribution in [0.25, 0.3) is 22.5 Å². The highest BCUT2D eigenvalue weighted by Crippen LogP contribution is 2.30. The van der Waals surface area contributed by atoms with Gasteiger partial charge in [0, 0.05) is 23.7 Å². The van der Waals surface area contributed by atoms with Gasteiger partial charge in [-0.25, -0.2) is 4.98 Å². The van der Waals surface area contributed by atoms with Gasteiger partial charge in [-0.1, -0.05) is 67.6 Å². The topological polar surface area (TPSA) is 58.5 Å². The number of hydrogen-bond donors (Lipinski definition) is 1. The molecule has 0 bridgehead atoms. The lowest BCUT2D eigenvalue weighted by Gasteiger charge is -2.29. The first-order valence-corrected chi connectivity index (χ1v) is 10.6. The molecule has 3 aromatic rings. The summed E-state index contributed by atoms with van der Waals surface area (Å²) >= 11 is 0. The van der Waals surface area contributed by atoms with Gasteiger partial charge in [-0.15, -0.1) is 0 Å². The van der Waals surface area contributed by atoms with Crippen molar-refractivity contribution in [3.8, 4) is 22.5 Å². The zero-order valence-corrected chi connectivity index (χ0v) is 18.0. The molecular formula is C25H31N3O2. The van der Waals surface area contributed by atoms with Crippen LogP contribution in [0.3, 0.4) is 0 Å². The fraction of sp³-hybridized carbons (Fsp3) is 0.360. The molecule has 0 spiro atoms. The minimum absolute atomic E-state index is 0.0436. The Hall–Kier alpha value is -2.76. The molecule has 158 valence electrons. The van der Waals surface area contributed by atoms with Crippen LogP contribution in [0.1, 0.15) is 27.2 Å². The molecule has 1 heterocycles. The van der Waals surface area contributed by atoms with Gasteiger partial charge in [-0.2, -0.15) is 0 Å². The molecule has 0 saturated heterocycles. The Bertz CT molecular complexity index is 897. The SMILES string of the molecule is CCC(CO)OCCN(c1cnc(-c2ccccc2)c(-c2ccccc2)n1)C(C)C. The Kier molecular flexibility index (Phi) is 7.94. The molecule has 2 aromatic carbocycles. The van der Waals surface area contributed by atoms with Gasteiger partial charge in [0.15, 0.2) is 0 Å². The summed E-state index contributed by atoms with van der Waals surface area (Å²) in [6, 6.07) is 20.6. The highest BCUT2D eigenvalue weighted by atomic mass is 16.5. The fourth-order valence-electron chi connectivity index (χ4n) is 3.38. The summed E-state index contributed by atoms with van der Waals surface area (Å²) in [7, 11) is 0. The van der Waals surface area contributed by atoms with Crippen LogP contribution in [0, 0.1) is 0 Å². The number of aliphatic hydroxyl groups is 1. The van der Waals surface area contributed by atoms with Gasteiger partial charge >= 0.3 is 0 Å². The van der Waals surface area contributed by atoms with Crippen molar-refractivity contribution in [3.05, 3.63) is 66.9 Å². The highest BCUT2D eigenvalue weighted by Gasteiger charge is 2.18. The largest absolute Gasteiger partial charge is 0.394 e. The minimum Gasteiger partial charge on any atom is -0.394 e. The molecule has 0 aliphatic rings. The fourth-order valence-corrected chi connectivity index (χ4v) is 3.38. The van der Waals surface area contributed by atoms with Crippen LogP contribution >= 0.6 is 0 Å². The second-order valence-corrected chi connectivity index (χ2v) is 7.53. The molecule has 0 radical (unpaired) electrons. The second kappa shape index (κ2) is 10.9. The van der Waals surface area contributed by atoms with E-state index in [0.717, 1.165) is 34.8 Å². The first-order chi connectivity index (χ1) is 14.6. The van der Waals surface area contributed by atoms with Gasteiger partial charge in [0.2, 0.25) is 0 Å². The van der Waals surface area contributed by atoms with Crippen LogP contribution in [-0.2, 0) is 4.74 Å². The normalized spacial score (nSPS) is 12.2. The van der Waals surface area contributed by atoms with Crippen molar-refractivity contribution in [3.63, 3.8) is 0 Å². The van der Waals surface area contributed by atoms with Crippen molar-refractivity contribution in [2.75, 3.05) is 24.7 Å². The Morgan fingerprint density at radius 2 is 1.53 bits per heavy atom. The van der Waals surface area contributed by atoms with E-state index in [2.05, 4.69) is 43.0 Å². The molecule has 30 heavy (non-hydrogen) atoms. The van der Waals surface area contributed by atoms with Crippen molar-refractivity contribution in [1.29, 1.82) is 0 Å². The van der Waals surface area contributed by atoms with Gasteiger partial charge < -0.3 is 14.7 Å². The Labute approximate surface area is 179 Å². The van der Waals surface area contributed by atoms with Gasteiger partial charge in [0.1, 0.15) is 5.82 Å². The maximum Gasteiger partial charge on any atom is 0.148 e. The Morgan fingerprint density at radius 1 is 0.933 bits per heavy atom. The number of aliphatic hydroxyl groups excluding tert-OH is 1. The predicted octanol–water partition coefficient (Wildman–Crippen LogP) is 4.81. The number of rotatable bonds is 10. The van der Waals surface area contributed by atoms with E-state index < -0.39 is 0 Å². The summed E-state index contributed by atoms with van der Waals surface area (Å²) in [5.41, 5.74) is 3.82. The molecule has 3 rings (SSSR count). The number of aromatic nitrogens is 2. The van der Waals surface area contributed by atoms with E-state index in [4.69, 9.17) is 14.7 Å². The minimum atomic E-state index is -0.120. The highest BCUT2D eigenvalue weighted by molar-refractivity contribution is 5.78. The standard InChI is InChI=1S/C25H31N3O2/c1-4-22(18-29)30-16-15-28(19(2)3)23-17-26-24(20-11-7-5-8-12-20)25(27-23)21-13-9-6-10-14-21/h5-14,17,19,22,29H,4,15-16,18H2,1-3H3. The molecule has 1 N–H and O–H groups in total. The average molecular weight is 406 g/mol. The summed E-state index contributed by atoms with van der Waals surface area (Å²) in [5, 5.41) is 9.36. The lowest BCUT2D eigenvalue weighted by Crippen LogP contribution is -2.36. The van der Waals surface area contributed by atoms with Crippen LogP contribution in [0.2, 0.25) is 0 Å². The van der Waals surface area contributed by atoms with E-state index in [9.17, 15) is 5.11 Å². The van der Waals surface area contributed by atoms with Crippen LogP contribution < -0.4 is 4.90 Å². The number of nitrogens with zero attached hydrogens (tertiary/aromatic N) is 3. The number of benzene rings is 2. The molecular weight excluding hydrogens is 374 g/mol. The molecule has 1 unspecified atom stereocenters.